The molecule has 1 aromatic carbocycles. The summed E-state index contributed by atoms with van der Waals surface area (Å²) in [6.07, 6.45) is 1.08. The molecule has 0 aromatic heterocycles. The van der Waals surface area contributed by atoms with Crippen LogP contribution in [0.1, 0.15) is 0 Å². The number of benzene rings is 1. The molecule has 1 aromatic rings. The van der Waals surface area contributed by atoms with Gasteiger partial charge in [0, 0.05) is 24.3 Å². The smallest absolute Gasteiger partial charge is 0.229 e. The first-order valence-corrected chi connectivity index (χ1v) is 9.32. The fourth-order valence-corrected chi connectivity index (χ4v) is 3.36. The molecule has 18 heavy (non-hydrogen) atoms. The van der Waals surface area contributed by atoms with E-state index in [0.717, 1.165) is 15.0 Å². The summed E-state index contributed by atoms with van der Waals surface area (Å²) in [7, 11) is -5.45. The highest BCUT2D eigenvalue weighted by atomic mass is 79.9. The van der Waals surface area contributed by atoms with Crippen molar-refractivity contribution in [2.45, 2.75) is 4.90 Å². The molecule has 0 radical (unpaired) electrons. The Morgan fingerprint density at radius 3 is 2.06 bits per heavy atom. The molecule has 0 aliphatic heterocycles. The molecule has 0 N–H and O–H groups in total. The molecule has 0 aliphatic rings. The van der Waals surface area contributed by atoms with Gasteiger partial charge in [-0.15, -0.1) is 0 Å². The Balaban J connectivity index is 2.90. The second kappa shape index (κ2) is 5.68. The summed E-state index contributed by atoms with van der Waals surface area (Å²) >= 11 is 3.22. The van der Waals surface area contributed by atoms with E-state index in [0.29, 0.717) is 0 Å². The van der Waals surface area contributed by atoms with Crippen LogP contribution in [-0.2, 0) is 19.9 Å². The number of sulfonamides is 1. The summed E-state index contributed by atoms with van der Waals surface area (Å²) in [5.74, 6) is -0.195. The number of hydrogen-bond acceptors (Lipinski definition) is 4. The summed E-state index contributed by atoms with van der Waals surface area (Å²) in [5.41, 5.74) is 0. The molecule has 0 saturated heterocycles. The van der Waals surface area contributed by atoms with Crippen LogP contribution in [0.5, 0.6) is 0 Å². The predicted octanol–water partition coefficient (Wildman–Crippen LogP) is 1.11. The van der Waals surface area contributed by atoms with Crippen molar-refractivity contribution in [3.8, 4) is 0 Å². The molecule has 8 heteroatoms. The molecule has 0 bridgehead atoms. The van der Waals surface area contributed by atoms with Gasteiger partial charge < -0.3 is 0 Å². The van der Waals surface area contributed by atoms with Crippen LogP contribution in [0.2, 0.25) is 0 Å². The predicted molar refractivity (Wildman–Crippen MR) is 73.7 cm³/mol. The van der Waals surface area contributed by atoms with Crippen LogP contribution >= 0.6 is 15.9 Å². The fraction of sp³-hybridized carbons (Fsp3) is 0.400. The van der Waals surface area contributed by atoms with Gasteiger partial charge in [-0.3, -0.25) is 0 Å². The minimum absolute atomic E-state index is 0.0583. The van der Waals surface area contributed by atoms with Gasteiger partial charge in [0.2, 0.25) is 10.0 Å². The lowest BCUT2D eigenvalue weighted by Gasteiger charge is -2.16. The molecule has 0 fully saturated rings. The molecule has 102 valence electrons. The summed E-state index contributed by atoms with van der Waals surface area (Å²) < 4.78 is 48.0. The molecule has 0 atom stereocenters. The first-order valence-electron chi connectivity index (χ1n) is 5.02. The maximum atomic E-state index is 12.1. The molecule has 1 rings (SSSR count). The Hall–Kier alpha value is -0.440. The molecule has 5 nitrogen and oxygen atoms in total. The zero-order valence-electron chi connectivity index (χ0n) is 10.00. The fourth-order valence-electron chi connectivity index (χ4n) is 1.20. The number of sulfone groups is 1. The second-order valence-electron chi connectivity index (χ2n) is 3.91. The quantitative estimate of drug-likeness (QED) is 0.793. The maximum Gasteiger partial charge on any atom is 0.242 e. The monoisotopic (exact) mass is 355 g/mol. The molecule has 0 spiro atoms. The zero-order valence-corrected chi connectivity index (χ0v) is 13.2. The van der Waals surface area contributed by atoms with Gasteiger partial charge in [0.25, 0.3) is 0 Å². The number of nitrogens with zero attached hydrogens (tertiary/aromatic N) is 1. The van der Waals surface area contributed by atoms with Gasteiger partial charge in [0.15, 0.2) is 0 Å². The number of rotatable bonds is 5. The first kappa shape index (κ1) is 15.6. The van der Waals surface area contributed by atoms with Crippen LogP contribution in [0.3, 0.4) is 0 Å². The Morgan fingerprint density at radius 1 is 1.11 bits per heavy atom. The van der Waals surface area contributed by atoms with Gasteiger partial charge in [0.1, 0.15) is 9.84 Å². The van der Waals surface area contributed by atoms with Crippen molar-refractivity contribution in [1.29, 1.82) is 0 Å². The van der Waals surface area contributed by atoms with Gasteiger partial charge in [-0.1, -0.05) is 15.9 Å². The average Bonchev–Trinajstić information content (AvgIpc) is 2.25. The molecule has 0 saturated carbocycles. The third-order valence-corrected chi connectivity index (χ3v) is 5.62. The molecule has 0 unspecified atom stereocenters. The largest absolute Gasteiger partial charge is 0.242 e. The van der Waals surface area contributed by atoms with Crippen molar-refractivity contribution < 1.29 is 16.8 Å². The molecule has 0 amide bonds. The van der Waals surface area contributed by atoms with E-state index in [-0.39, 0.29) is 17.2 Å². The minimum atomic E-state index is -3.63. The normalized spacial score (nSPS) is 12.9. The summed E-state index contributed by atoms with van der Waals surface area (Å²) in [5, 5.41) is 0. The highest BCUT2D eigenvalue weighted by molar-refractivity contribution is 9.10. The van der Waals surface area contributed by atoms with Crippen LogP contribution in [0.25, 0.3) is 0 Å². The average molecular weight is 356 g/mol. The summed E-state index contributed by atoms with van der Waals surface area (Å²) in [6.45, 7) is -0.0583. The van der Waals surface area contributed by atoms with Gasteiger partial charge >= 0.3 is 0 Å². The van der Waals surface area contributed by atoms with Gasteiger partial charge in [-0.2, -0.15) is 4.31 Å². The maximum absolute atomic E-state index is 12.1. The van der Waals surface area contributed by atoms with Crippen molar-refractivity contribution in [3.63, 3.8) is 0 Å². The Labute approximate surface area is 116 Å². The standard InChI is InChI=1S/C10H14BrNO4S2/c1-12(7-8-17(2,13)14)18(15,16)10-5-3-9(11)4-6-10/h3-6H,7-8H2,1-2H3. The molecule has 0 heterocycles. The molecular formula is C10H14BrNO4S2. The van der Waals surface area contributed by atoms with E-state index in [1.807, 2.05) is 0 Å². The van der Waals surface area contributed by atoms with Crippen LogP contribution in [-0.4, -0.2) is 46.7 Å². The van der Waals surface area contributed by atoms with Crippen molar-refractivity contribution >= 4 is 35.8 Å². The van der Waals surface area contributed by atoms with Crippen LogP contribution in [0.15, 0.2) is 33.6 Å². The Kier molecular flexibility index (Phi) is 4.93. The number of hydrogen-bond donors (Lipinski definition) is 0. The Bertz CT molecular complexity index is 608. The highest BCUT2D eigenvalue weighted by Gasteiger charge is 2.21. The van der Waals surface area contributed by atoms with Crippen LogP contribution in [0, 0.1) is 0 Å². The van der Waals surface area contributed by atoms with E-state index >= 15 is 0 Å². The summed E-state index contributed by atoms with van der Waals surface area (Å²) in [4.78, 5) is 0.140. The second-order valence-corrected chi connectivity index (χ2v) is 9.13. The van der Waals surface area contributed by atoms with Crippen molar-refractivity contribution in [2.75, 3.05) is 25.6 Å². The van der Waals surface area contributed by atoms with Crippen molar-refractivity contribution in [3.05, 3.63) is 28.7 Å². The van der Waals surface area contributed by atoms with Crippen LogP contribution in [0.4, 0.5) is 0 Å². The van der Waals surface area contributed by atoms with Gasteiger partial charge in [-0.25, -0.2) is 16.8 Å². The topological polar surface area (TPSA) is 71.5 Å². The van der Waals surface area contributed by atoms with E-state index in [9.17, 15) is 16.8 Å². The minimum Gasteiger partial charge on any atom is -0.229 e. The SMILES string of the molecule is CN(CCS(C)(=O)=O)S(=O)(=O)c1ccc(Br)cc1. The third-order valence-electron chi connectivity index (χ3n) is 2.30. The van der Waals surface area contributed by atoms with Gasteiger partial charge in [0.05, 0.1) is 10.6 Å². The first-order chi connectivity index (χ1) is 8.13. The third kappa shape index (κ3) is 4.34. The lowest BCUT2D eigenvalue weighted by molar-refractivity contribution is 0.485. The van der Waals surface area contributed by atoms with Crippen molar-refractivity contribution in [2.24, 2.45) is 0 Å². The van der Waals surface area contributed by atoms with E-state index in [1.54, 1.807) is 12.1 Å². The zero-order chi connectivity index (χ0) is 14.0. The lowest BCUT2D eigenvalue weighted by Crippen LogP contribution is -2.31. The van der Waals surface area contributed by atoms with E-state index in [1.165, 1.54) is 19.2 Å². The highest BCUT2D eigenvalue weighted by Crippen LogP contribution is 2.17. The van der Waals surface area contributed by atoms with Crippen LogP contribution < -0.4 is 0 Å². The lowest BCUT2D eigenvalue weighted by atomic mass is 10.4. The Morgan fingerprint density at radius 2 is 1.61 bits per heavy atom. The van der Waals surface area contributed by atoms with E-state index in [4.69, 9.17) is 0 Å². The van der Waals surface area contributed by atoms with Gasteiger partial charge in [-0.05, 0) is 24.3 Å². The van der Waals surface area contributed by atoms with E-state index in [2.05, 4.69) is 15.9 Å². The number of halogens is 1. The molecule has 0 aliphatic carbocycles. The van der Waals surface area contributed by atoms with Crippen molar-refractivity contribution in [1.82, 2.24) is 4.31 Å². The molecular weight excluding hydrogens is 342 g/mol. The van der Waals surface area contributed by atoms with E-state index < -0.39 is 19.9 Å². The summed E-state index contributed by atoms with van der Waals surface area (Å²) in [6, 6.07) is 6.18.